The molecule has 0 spiro atoms. The molecule has 1 N–H and O–H groups in total. The molecular weight excluding hydrogens is 410 g/mol. The maximum Gasteiger partial charge on any atom is 0.234 e. The molecule has 2 heterocycles. The average molecular weight is 432 g/mol. The van der Waals surface area contributed by atoms with Crippen LogP contribution in [0.2, 0.25) is 0 Å². The van der Waals surface area contributed by atoms with Crippen LogP contribution in [0, 0.1) is 0 Å². The lowest BCUT2D eigenvalue weighted by Crippen LogP contribution is -2.14. The molecule has 0 unspecified atom stereocenters. The van der Waals surface area contributed by atoms with Crippen LogP contribution in [-0.4, -0.2) is 38.0 Å². The van der Waals surface area contributed by atoms with Crippen molar-refractivity contribution in [2.24, 2.45) is 0 Å². The Morgan fingerprint density at radius 1 is 1.03 bits per heavy atom. The number of para-hydroxylation sites is 1. The van der Waals surface area contributed by atoms with Crippen molar-refractivity contribution in [3.63, 3.8) is 0 Å². The van der Waals surface area contributed by atoms with Crippen LogP contribution < -0.4 is 10.1 Å². The molecule has 1 amide bonds. The van der Waals surface area contributed by atoms with Crippen molar-refractivity contribution < 1.29 is 9.53 Å². The standard InChI is InChI=1S/C23H21N5O2S/c1-2-30-20-12-10-18(11-13-20)25-21(29)16-31-23-27-26-22(17-7-6-14-24-15-17)28(23)19-8-4-3-5-9-19/h3-15H,2,16H2,1H3,(H,25,29). The van der Waals surface area contributed by atoms with Gasteiger partial charge in [-0.2, -0.15) is 0 Å². The predicted molar refractivity (Wildman–Crippen MR) is 122 cm³/mol. The number of hydrogen-bond acceptors (Lipinski definition) is 6. The predicted octanol–water partition coefficient (Wildman–Crippen LogP) is 4.46. The number of pyridine rings is 1. The number of ether oxygens (including phenoxy) is 1. The highest BCUT2D eigenvalue weighted by atomic mass is 32.2. The van der Waals surface area contributed by atoms with E-state index in [0.29, 0.717) is 17.6 Å². The van der Waals surface area contributed by atoms with Gasteiger partial charge in [0.15, 0.2) is 11.0 Å². The van der Waals surface area contributed by atoms with Gasteiger partial charge in [-0.25, -0.2) is 0 Å². The topological polar surface area (TPSA) is 81.9 Å². The van der Waals surface area contributed by atoms with Crippen molar-refractivity contribution in [1.29, 1.82) is 0 Å². The fourth-order valence-electron chi connectivity index (χ4n) is 2.98. The number of anilines is 1. The lowest BCUT2D eigenvalue weighted by atomic mass is 10.2. The Labute approximate surface area is 184 Å². The molecule has 7 nitrogen and oxygen atoms in total. The first-order chi connectivity index (χ1) is 15.2. The zero-order valence-corrected chi connectivity index (χ0v) is 17.7. The molecule has 0 radical (unpaired) electrons. The van der Waals surface area contributed by atoms with Gasteiger partial charge in [-0.1, -0.05) is 30.0 Å². The Morgan fingerprint density at radius 3 is 2.55 bits per heavy atom. The van der Waals surface area contributed by atoms with Crippen molar-refractivity contribution in [3.8, 4) is 22.8 Å². The van der Waals surface area contributed by atoms with E-state index in [4.69, 9.17) is 4.74 Å². The van der Waals surface area contributed by atoms with E-state index in [2.05, 4.69) is 20.5 Å². The first-order valence-electron chi connectivity index (χ1n) is 9.81. The van der Waals surface area contributed by atoms with Gasteiger partial charge in [0, 0.05) is 29.3 Å². The number of carbonyl (C=O) groups is 1. The van der Waals surface area contributed by atoms with Gasteiger partial charge in [0.25, 0.3) is 0 Å². The molecule has 0 aliphatic carbocycles. The molecule has 2 aromatic heterocycles. The van der Waals surface area contributed by atoms with E-state index in [1.807, 2.05) is 78.2 Å². The summed E-state index contributed by atoms with van der Waals surface area (Å²) in [6.45, 7) is 2.53. The van der Waals surface area contributed by atoms with Crippen LogP contribution in [0.15, 0.2) is 84.3 Å². The number of thioether (sulfide) groups is 1. The summed E-state index contributed by atoms with van der Waals surface area (Å²) in [5.41, 5.74) is 2.49. The number of hydrogen-bond donors (Lipinski definition) is 1. The minimum Gasteiger partial charge on any atom is -0.494 e. The van der Waals surface area contributed by atoms with Gasteiger partial charge < -0.3 is 10.1 Å². The molecule has 4 rings (SSSR count). The van der Waals surface area contributed by atoms with E-state index in [0.717, 1.165) is 22.7 Å². The molecule has 2 aromatic carbocycles. The summed E-state index contributed by atoms with van der Waals surface area (Å²) in [5.74, 6) is 1.52. The number of nitrogens with zero attached hydrogens (tertiary/aromatic N) is 4. The van der Waals surface area contributed by atoms with Crippen molar-refractivity contribution >= 4 is 23.4 Å². The van der Waals surface area contributed by atoms with Gasteiger partial charge in [-0.15, -0.1) is 10.2 Å². The Morgan fingerprint density at radius 2 is 1.84 bits per heavy atom. The van der Waals surface area contributed by atoms with Crippen LogP contribution in [0.5, 0.6) is 5.75 Å². The summed E-state index contributed by atoms with van der Waals surface area (Å²) in [4.78, 5) is 16.7. The van der Waals surface area contributed by atoms with Crippen LogP contribution >= 0.6 is 11.8 Å². The Hall–Kier alpha value is -3.65. The largest absolute Gasteiger partial charge is 0.494 e. The SMILES string of the molecule is CCOc1ccc(NC(=O)CSc2nnc(-c3cccnc3)n2-c2ccccc2)cc1. The summed E-state index contributed by atoms with van der Waals surface area (Å²) in [6.07, 6.45) is 3.46. The maximum absolute atomic E-state index is 12.5. The Balaban J connectivity index is 1.50. The zero-order chi connectivity index (χ0) is 21.5. The van der Waals surface area contributed by atoms with Gasteiger partial charge in [0.1, 0.15) is 5.75 Å². The quantitative estimate of drug-likeness (QED) is 0.415. The second-order valence-electron chi connectivity index (χ2n) is 6.51. The summed E-state index contributed by atoms with van der Waals surface area (Å²) in [6, 6.07) is 20.9. The number of rotatable bonds is 8. The molecule has 0 saturated heterocycles. The molecule has 0 atom stereocenters. The molecule has 0 aliphatic rings. The number of aromatic nitrogens is 4. The van der Waals surface area contributed by atoms with Crippen molar-refractivity contribution in [2.75, 3.05) is 17.7 Å². The first kappa shape index (κ1) is 20.6. The second kappa shape index (κ2) is 9.90. The summed E-state index contributed by atoms with van der Waals surface area (Å²) in [5, 5.41) is 12.2. The number of carbonyl (C=O) groups excluding carboxylic acids is 1. The van der Waals surface area contributed by atoms with Gasteiger partial charge >= 0.3 is 0 Å². The molecule has 0 bridgehead atoms. The monoisotopic (exact) mass is 431 g/mol. The molecule has 0 saturated carbocycles. The molecule has 31 heavy (non-hydrogen) atoms. The number of benzene rings is 2. The fraction of sp³-hybridized carbons (Fsp3) is 0.130. The summed E-state index contributed by atoms with van der Waals surface area (Å²) >= 11 is 1.33. The van der Waals surface area contributed by atoms with E-state index in [1.165, 1.54) is 11.8 Å². The van der Waals surface area contributed by atoms with E-state index in [-0.39, 0.29) is 11.7 Å². The third kappa shape index (κ3) is 5.10. The van der Waals surface area contributed by atoms with E-state index >= 15 is 0 Å². The van der Waals surface area contributed by atoms with E-state index in [1.54, 1.807) is 12.4 Å². The summed E-state index contributed by atoms with van der Waals surface area (Å²) in [7, 11) is 0. The molecular formula is C23H21N5O2S. The van der Waals surface area contributed by atoms with Crippen LogP contribution in [0.3, 0.4) is 0 Å². The normalized spacial score (nSPS) is 10.6. The molecule has 0 fully saturated rings. The minimum absolute atomic E-state index is 0.125. The van der Waals surface area contributed by atoms with Crippen LogP contribution in [0.1, 0.15) is 6.92 Å². The average Bonchev–Trinajstić information content (AvgIpc) is 3.24. The van der Waals surface area contributed by atoms with Crippen molar-refractivity contribution in [1.82, 2.24) is 19.7 Å². The van der Waals surface area contributed by atoms with E-state index in [9.17, 15) is 4.79 Å². The third-order valence-electron chi connectivity index (χ3n) is 4.35. The zero-order valence-electron chi connectivity index (χ0n) is 16.9. The molecule has 8 heteroatoms. The Kier molecular flexibility index (Phi) is 6.59. The summed E-state index contributed by atoms with van der Waals surface area (Å²) < 4.78 is 7.36. The molecule has 0 aliphatic heterocycles. The smallest absolute Gasteiger partial charge is 0.234 e. The van der Waals surface area contributed by atoms with E-state index < -0.39 is 0 Å². The second-order valence-corrected chi connectivity index (χ2v) is 7.46. The van der Waals surface area contributed by atoms with Gasteiger partial charge in [0.2, 0.25) is 5.91 Å². The van der Waals surface area contributed by atoms with Crippen molar-refractivity contribution in [3.05, 3.63) is 79.1 Å². The number of nitrogens with one attached hydrogen (secondary N) is 1. The third-order valence-corrected chi connectivity index (χ3v) is 5.28. The van der Waals surface area contributed by atoms with Gasteiger partial charge in [0.05, 0.1) is 12.4 Å². The van der Waals surface area contributed by atoms with Gasteiger partial charge in [-0.3, -0.25) is 14.3 Å². The maximum atomic E-state index is 12.5. The van der Waals surface area contributed by atoms with Crippen LogP contribution in [0.4, 0.5) is 5.69 Å². The molecule has 4 aromatic rings. The number of amides is 1. The minimum atomic E-state index is -0.125. The first-order valence-corrected chi connectivity index (χ1v) is 10.8. The van der Waals surface area contributed by atoms with Crippen LogP contribution in [-0.2, 0) is 4.79 Å². The van der Waals surface area contributed by atoms with Gasteiger partial charge in [-0.05, 0) is 55.5 Å². The lowest BCUT2D eigenvalue weighted by molar-refractivity contribution is -0.113. The highest BCUT2D eigenvalue weighted by Gasteiger charge is 2.17. The highest BCUT2D eigenvalue weighted by molar-refractivity contribution is 7.99. The fourth-order valence-corrected chi connectivity index (χ4v) is 3.74. The lowest BCUT2D eigenvalue weighted by Gasteiger charge is -2.10. The van der Waals surface area contributed by atoms with Crippen LogP contribution in [0.25, 0.3) is 17.1 Å². The Bertz CT molecular complexity index is 1130. The molecule has 156 valence electrons. The van der Waals surface area contributed by atoms with Crippen molar-refractivity contribution in [2.45, 2.75) is 12.1 Å². The highest BCUT2D eigenvalue weighted by Crippen LogP contribution is 2.27.